The Morgan fingerprint density at radius 2 is 1.70 bits per heavy atom. The minimum atomic E-state index is -0.804. The first kappa shape index (κ1) is 19.5. The maximum Gasteiger partial charge on any atom is 0.238 e. The molecule has 1 aromatic carbocycles. The zero-order chi connectivity index (χ0) is 19.3. The predicted octanol–water partition coefficient (Wildman–Crippen LogP) is 2.55. The summed E-state index contributed by atoms with van der Waals surface area (Å²) < 4.78 is 10.6. The van der Waals surface area contributed by atoms with E-state index in [0.29, 0.717) is 37.3 Å². The first-order valence-electron chi connectivity index (χ1n) is 9.89. The highest BCUT2D eigenvalue weighted by atomic mass is 16.5. The smallest absolute Gasteiger partial charge is 0.238 e. The van der Waals surface area contributed by atoms with Crippen molar-refractivity contribution in [3.63, 3.8) is 0 Å². The van der Waals surface area contributed by atoms with E-state index in [2.05, 4.69) is 5.32 Å². The fourth-order valence-corrected chi connectivity index (χ4v) is 3.77. The molecule has 6 nitrogen and oxygen atoms in total. The largest absolute Gasteiger partial charge is 0.493 e. The highest BCUT2D eigenvalue weighted by Crippen LogP contribution is 2.47. The Morgan fingerprint density at radius 1 is 1.04 bits per heavy atom. The molecule has 27 heavy (non-hydrogen) atoms. The summed E-state index contributed by atoms with van der Waals surface area (Å²) in [7, 11) is 3.21. The van der Waals surface area contributed by atoms with Gasteiger partial charge >= 0.3 is 0 Å². The van der Waals surface area contributed by atoms with Gasteiger partial charge in [-0.25, -0.2) is 0 Å². The fourth-order valence-electron chi connectivity index (χ4n) is 3.77. The lowest BCUT2D eigenvalue weighted by Crippen LogP contribution is -2.46. The van der Waals surface area contributed by atoms with Crippen LogP contribution in [0.25, 0.3) is 0 Å². The van der Waals surface area contributed by atoms with Crippen molar-refractivity contribution >= 4 is 11.8 Å². The number of nitrogens with one attached hydrogen (secondary N) is 1. The van der Waals surface area contributed by atoms with Crippen molar-refractivity contribution in [3.05, 3.63) is 23.8 Å². The fraction of sp³-hybridized carbons (Fsp3) is 0.619. The van der Waals surface area contributed by atoms with Crippen molar-refractivity contribution in [2.24, 2.45) is 5.41 Å². The third kappa shape index (κ3) is 4.37. The molecule has 6 heteroatoms. The quantitative estimate of drug-likeness (QED) is 0.745. The average Bonchev–Trinajstić information content (AvgIpc) is 3.52. The first-order valence-corrected chi connectivity index (χ1v) is 9.89. The molecule has 1 saturated carbocycles. The second kappa shape index (κ2) is 8.63. The van der Waals surface area contributed by atoms with Gasteiger partial charge in [-0.1, -0.05) is 18.9 Å². The van der Waals surface area contributed by atoms with E-state index < -0.39 is 5.41 Å². The van der Waals surface area contributed by atoms with Crippen molar-refractivity contribution in [3.8, 4) is 11.5 Å². The molecule has 2 fully saturated rings. The molecule has 0 aromatic heterocycles. The van der Waals surface area contributed by atoms with Gasteiger partial charge in [-0.2, -0.15) is 0 Å². The van der Waals surface area contributed by atoms with Crippen LogP contribution in [0.4, 0.5) is 0 Å². The summed E-state index contributed by atoms with van der Waals surface area (Å²) in [6.07, 6.45) is 6.46. The number of ether oxygens (including phenoxy) is 2. The first-order chi connectivity index (χ1) is 13.1. The molecule has 0 unspecified atom stereocenters. The zero-order valence-corrected chi connectivity index (χ0v) is 16.4. The van der Waals surface area contributed by atoms with Crippen LogP contribution in [0, 0.1) is 5.41 Å². The summed E-state index contributed by atoms with van der Waals surface area (Å²) in [5.41, 5.74) is 0.249. The number of likely N-dealkylation sites (tertiary alicyclic amines) is 1. The van der Waals surface area contributed by atoms with Crippen molar-refractivity contribution in [1.82, 2.24) is 10.2 Å². The van der Waals surface area contributed by atoms with Crippen LogP contribution < -0.4 is 14.8 Å². The van der Waals surface area contributed by atoms with E-state index in [9.17, 15) is 9.59 Å². The topological polar surface area (TPSA) is 67.9 Å². The maximum absolute atomic E-state index is 12.9. The molecule has 0 bridgehead atoms. The number of nitrogens with zero attached hydrogens (tertiary/aromatic N) is 1. The second-order valence-electron chi connectivity index (χ2n) is 7.48. The second-order valence-corrected chi connectivity index (χ2v) is 7.48. The number of methoxy groups -OCH3 is 2. The number of amides is 2. The van der Waals surface area contributed by atoms with Gasteiger partial charge in [-0.05, 0) is 49.8 Å². The Labute approximate surface area is 161 Å². The van der Waals surface area contributed by atoms with Gasteiger partial charge in [0.05, 0.1) is 14.2 Å². The van der Waals surface area contributed by atoms with Gasteiger partial charge in [0.2, 0.25) is 11.8 Å². The molecular formula is C21H30N2O4. The minimum absolute atomic E-state index is 0.0352. The summed E-state index contributed by atoms with van der Waals surface area (Å²) in [4.78, 5) is 27.5. The lowest BCUT2D eigenvalue weighted by Gasteiger charge is -2.25. The van der Waals surface area contributed by atoms with E-state index >= 15 is 0 Å². The molecule has 1 N–H and O–H groups in total. The molecular weight excluding hydrogens is 344 g/mol. The number of benzene rings is 1. The van der Waals surface area contributed by atoms with E-state index in [4.69, 9.17) is 9.47 Å². The third-order valence-electron chi connectivity index (χ3n) is 5.63. The number of carbonyl (C=O) groups excluding carboxylic acids is 2. The molecule has 0 atom stereocenters. The molecule has 1 saturated heterocycles. The molecule has 2 aliphatic rings. The van der Waals surface area contributed by atoms with Crippen LogP contribution in [0.1, 0.15) is 44.1 Å². The van der Waals surface area contributed by atoms with Crippen molar-refractivity contribution in [2.45, 2.75) is 44.9 Å². The predicted molar refractivity (Wildman–Crippen MR) is 103 cm³/mol. The Balaban J connectivity index is 1.53. The highest BCUT2D eigenvalue weighted by Gasteiger charge is 2.57. The van der Waals surface area contributed by atoms with Gasteiger partial charge in [0.1, 0.15) is 5.41 Å². The maximum atomic E-state index is 12.9. The van der Waals surface area contributed by atoms with Crippen LogP contribution in [-0.4, -0.2) is 50.6 Å². The molecule has 1 aliphatic carbocycles. The number of rotatable bonds is 7. The summed E-state index contributed by atoms with van der Waals surface area (Å²) in [6.45, 7) is 2.09. The molecule has 0 spiro atoms. The SMILES string of the molecule is COc1ccc(CCNC(=O)C2(C(=O)N3CCCCCC3)CC2)cc1OC. The lowest BCUT2D eigenvalue weighted by molar-refractivity contribution is -0.144. The lowest BCUT2D eigenvalue weighted by atomic mass is 10.0. The summed E-state index contributed by atoms with van der Waals surface area (Å²) in [5, 5.41) is 2.98. The standard InChI is InChI=1S/C21H30N2O4/c1-26-17-8-7-16(15-18(17)27-2)9-12-22-19(24)21(10-11-21)20(25)23-13-5-3-4-6-14-23/h7-8,15H,3-6,9-14H2,1-2H3,(H,22,24). The number of hydrogen-bond acceptors (Lipinski definition) is 4. The van der Waals surface area contributed by atoms with E-state index in [1.165, 1.54) is 12.8 Å². The van der Waals surface area contributed by atoms with Crippen LogP contribution in [-0.2, 0) is 16.0 Å². The van der Waals surface area contributed by atoms with Gasteiger partial charge in [0, 0.05) is 19.6 Å². The zero-order valence-electron chi connectivity index (χ0n) is 16.4. The van der Waals surface area contributed by atoms with Crippen molar-refractivity contribution in [1.29, 1.82) is 0 Å². The van der Waals surface area contributed by atoms with Crippen LogP contribution >= 0.6 is 0 Å². The Morgan fingerprint density at radius 3 is 2.30 bits per heavy atom. The molecule has 1 aliphatic heterocycles. The van der Waals surface area contributed by atoms with Gasteiger partial charge in [0.25, 0.3) is 0 Å². The number of hydrogen-bond donors (Lipinski definition) is 1. The minimum Gasteiger partial charge on any atom is -0.493 e. The van der Waals surface area contributed by atoms with Crippen molar-refractivity contribution < 1.29 is 19.1 Å². The summed E-state index contributed by atoms with van der Waals surface area (Å²) in [5.74, 6) is 1.28. The molecule has 2 amide bonds. The Hall–Kier alpha value is -2.24. The molecule has 3 rings (SSSR count). The normalized spacial score (nSPS) is 18.4. The van der Waals surface area contributed by atoms with Crippen LogP contribution in [0.15, 0.2) is 18.2 Å². The van der Waals surface area contributed by atoms with E-state index in [0.717, 1.165) is 31.5 Å². The molecule has 148 valence electrons. The van der Waals surface area contributed by atoms with E-state index in [1.54, 1.807) is 14.2 Å². The Kier molecular flexibility index (Phi) is 6.24. The molecule has 1 heterocycles. The third-order valence-corrected chi connectivity index (χ3v) is 5.63. The van der Waals surface area contributed by atoms with E-state index in [1.807, 2.05) is 23.1 Å². The summed E-state index contributed by atoms with van der Waals surface area (Å²) in [6, 6.07) is 5.74. The van der Waals surface area contributed by atoms with Gasteiger partial charge in [0.15, 0.2) is 11.5 Å². The van der Waals surface area contributed by atoms with Gasteiger partial charge in [-0.15, -0.1) is 0 Å². The number of carbonyl (C=O) groups is 2. The molecule has 0 radical (unpaired) electrons. The van der Waals surface area contributed by atoms with E-state index in [-0.39, 0.29) is 11.8 Å². The van der Waals surface area contributed by atoms with Gasteiger partial charge < -0.3 is 19.7 Å². The monoisotopic (exact) mass is 374 g/mol. The molecule has 1 aromatic rings. The highest BCUT2D eigenvalue weighted by molar-refractivity contribution is 6.07. The van der Waals surface area contributed by atoms with Crippen LogP contribution in [0.2, 0.25) is 0 Å². The average molecular weight is 374 g/mol. The van der Waals surface area contributed by atoms with Crippen molar-refractivity contribution in [2.75, 3.05) is 33.9 Å². The summed E-state index contributed by atoms with van der Waals surface area (Å²) >= 11 is 0. The Bertz CT molecular complexity index is 677. The van der Waals surface area contributed by atoms with Crippen LogP contribution in [0.5, 0.6) is 11.5 Å². The van der Waals surface area contributed by atoms with Crippen LogP contribution in [0.3, 0.4) is 0 Å². The van der Waals surface area contributed by atoms with Gasteiger partial charge in [-0.3, -0.25) is 9.59 Å².